The third-order valence-electron chi connectivity index (χ3n) is 7.51. The zero-order valence-electron chi connectivity index (χ0n) is 23.8. The maximum Gasteiger partial charge on any atom is 0.137 e. The molecule has 39 heavy (non-hydrogen) atoms. The van der Waals surface area contributed by atoms with Gasteiger partial charge in [-0.05, 0) is 67.5 Å². The second-order valence-electron chi connectivity index (χ2n) is 11.4. The summed E-state index contributed by atoms with van der Waals surface area (Å²) in [6.45, 7) is 14.7. The smallest absolute Gasteiger partial charge is 0.137 e. The van der Waals surface area contributed by atoms with Crippen LogP contribution in [0.1, 0.15) is 47.0 Å². The first-order chi connectivity index (χ1) is 19.0. The Labute approximate surface area is 232 Å². The largest absolute Gasteiger partial charge is 0.369 e. The topological polar surface area (TPSA) is 82.1 Å². The van der Waals surface area contributed by atoms with E-state index in [-0.39, 0.29) is 0 Å². The number of rotatable bonds is 11. The van der Waals surface area contributed by atoms with Crippen molar-refractivity contribution in [2.24, 2.45) is 11.8 Å². The Balaban J connectivity index is 1.22. The first kappa shape index (κ1) is 26.9. The number of fused-ring (bicyclic) bond motifs is 2. The molecular weight excluding hydrogens is 484 g/mol. The van der Waals surface area contributed by atoms with E-state index in [1.165, 1.54) is 17.8 Å². The quantitative estimate of drug-likeness (QED) is 0.223. The minimum Gasteiger partial charge on any atom is -0.369 e. The molecule has 1 saturated heterocycles. The van der Waals surface area contributed by atoms with Crippen molar-refractivity contribution >= 4 is 44.8 Å². The van der Waals surface area contributed by atoms with Crippen LogP contribution in [0.4, 0.5) is 23.0 Å². The SMILES string of the molecule is CC(C)CCCNc1ncnc2cc(N3CCN(c4ccc5c(NCCC(C)C)ncnc5c4)CC3)ccc12. The van der Waals surface area contributed by atoms with E-state index in [1.54, 1.807) is 12.7 Å². The average Bonchev–Trinajstić information content (AvgIpc) is 2.94. The molecule has 0 unspecified atom stereocenters. The molecule has 0 saturated carbocycles. The highest BCUT2D eigenvalue weighted by Crippen LogP contribution is 2.28. The summed E-state index contributed by atoms with van der Waals surface area (Å²) in [6.07, 6.45) is 6.82. The van der Waals surface area contributed by atoms with Crippen LogP contribution in [0.3, 0.4) is 0 Å². The van der Waals surface area contributed by atoms with Gasteiger partial charge in [-0.25, -0.2) is 19.9 Å². The van der Waals surface area contributed by atoms with Crippen LogP contribution in [0.2, 0.25) is 0 Å². The molecule has 8 nitrogen and oxygen atoms in total. The molecule has 0 atom stereocenters. The molecule has 0 spiro atoms. The highest BCUT2D eigenvalue weighted by molar-refractivity contribution is 5.92. The van der Waals surface area contributed by atoms with Gasteiger partial charge in [-0.15, -0.1) is 0 Å². The average molecular weight is 527 g/mol. The van der Waals surface area contributed by atoms with Crippen LogP contribution in [0.25, 0.3) is 21.8 Å². The van der Waals surface area contributed by atoms with Gasteiger partial charge in [0.1, 0.15) is 24.3 Å². The van der Waals surface area contributed by atoms with E-state index in [2.05, 4.69) is 104 Å². The number of nitrogens with zero attached hydrogens (tertiary/aromatic N) is 6. The number of benzene rings is 2. The van der Waals surface area contributed by atoms with Crippen LogP contribution in [-0.4, -0.2) is 59.2 Å². The van der Waals surface area contributed by atoms with E-state index in [4.69, 9.17) is 0 Å². The van der Waals surface area contributed by atoms with Gasteiger partial charge in [-0.3, -0.25) is 0 Å². The Morgan fingerprint density at radius 2 is 1.13 bits per heavy atom. The number of hydrogen-bond acceptors (Lipinski definition) is 8. The minimum atomic E-state index is 0.664. The van der Waals surface area contributed by atoms with Crippen molar-refractivity contribution in [2.45, 2.75) is 47.0 Å². The highest BCUT2D eigenvalue weighted by Gasteiger charge is 2.19. The summed E-state index contributed by atoms with van der Waals surface area (Å²) < 4.78 is 0. The maximum absolute atomic E-state index is 4.57. The molecule has 1 fully saturated rings. The maximum atomic E-state index is 4.57. The number of aromatic nitrogens is 4. The van der Waals surface area contributed by atoms with Crippen LogP contribution in [0.15, 0.2) is 49.1 Å². The normalized spacial score (nSPS) is 14.1. The lowest BCUT2D eigenvalue weighted by atomic mass is 10.1. The molecule has 2 aromatic heterocycles. The molecular formula is C31H42N8. The standard InChI is InChI=1S/C31H42N8/c1-22(2)6-5-12-32-30-26-9-7-24(18-28(26)34-20-36-30)38-14-16-39(17-15-38)25-8-10-27-29(19-25)35-21-37-31(27)33-13-11-23(3)4/h7-10,18-23H,5-6,11-17H2,1-4H3,(H,32,34,36)(H,33,35,37). The fraction of sp³-hybridized carbons (Fsp3) is 0.484. The van der Waals surface area contributed by atoms with Crippen LogP contribution >= 0.6 is 0 Å². The van der Waals surface area contributed by atoms with Gasteiger partial charge in [-0.1, -0.05) is 27.7 Å². The van der Waals surface area contributed by atoms with Crippen molar-refractivity contribution in [2.75, 3.05) is 59.7 Å². The van der Waals surface area contributed by atoms with Crippen LogP contribution < -0.4 is 20.4 Å². The van der Waals surface area contributed by atoms with E-state index >= 15 is 0 Å². The predicted octanol–water partition coefficient (Wildman–Crippen LogP) is 6.21. The van der Waals surface area contributed by atoms with Gasteiger partial charge in [0.05, 0.1) is 11.0 Å². The number of piperazine rings is 1. The second-order valence-corrected chi connectivity index (χ2v) is 11.4. The summed E-state index contributed by atoms with van der Waals surface area (Å²) in [5.41, 5.74) is 4.41. The number of hydrogen-bond donors (Lipinski definition) is 2. The summed E-state index contributed by atoms with van der Waals surface area (Å²) in [6, 6.07) is 13.1. The predicted molar refractivity (Wildman–Crippen MR) is 164 cm³/mol. The zero-order valence-corrected chi connectivity index (χ0v) is 23.8. The van der Waals surface area contributed by atoms with Crippen LogP contribution in [0.5, 0.6) is 0 Å². The summed E-state index contributed by atoms with van der Waals surface area (Å²) in [5.74, 6) is 3.24. The van der Waals surface area contributed by atoms with E-state index < -0.39 is 0 Å². The third-order valence-corrected chi connectivity index (χ3v) is 7.51. The molecule has 2 N–H and O–H groups in total. The Morgan fingerprint density at radius 3 is 1.62 bits per heavy atom. The first-order valence-electron chi connectivity index (χ1n) is 14.4. The summed E-state index contributed by atoms with van der Waals surface area (Å²) in [7, 11) is 0. The molecule has 0 bridgehead atoms. The van der Waals surface area contributed by atoms with Gasteiger partial charge in [-0.2, -0.15) is 0 Å². The Kier molecular flexibility index (Phi) is 8.59. The lowest BCUT2D eigenvalue weighted by molar-refractivity contribution is 0.567. The van der Waals surface area contributed by atoms with Crippen molar-refractivity contribution in [1.82, 2.24) is 19.9 Å². The molecule has 0 radical (unpaired) electrons. The third kappa shape index (κ3) is 6.67. The number of anilines is 4. The summed E-state index contributed by atoms with van der Waals surface area (Å²) in [5, 5.41) is 9.17. The molecule has 8 heteroatoms. The fourth-order valence-electron chi connectivity index (χ4n) is 5.19. The van der Waals surface area contributed by atoms with Gasteiger partial charge >= 0.3 is 0 Å². The van der Waals surface area contributed by atoms with E-state index in [0.717, 1.165) is 91.5 Å². The van der Waals surface area contributed by atoms with Crippen molar-refractivity contribution < 1.29 is 0 Å². The summed E-state index contributed by atoms with van der Waals surface area (Å²) in [4.78, 5) is 23.0. The Morgan fingerprint density at radius 1 is 0.641 bits per heavy atom. The van der Waals surface area contributed by atoms with Gasteiger partial charge in [0.15, 0.2) is 0 Å². The molecule has 1 aliphatic heterocycles. The fourth-order valence-corrected chi connectivity index (χ4v) is 5.19. The van der Waals surface area contributed by atoms with Crippen molar-refractivity contribution in [3.8, 4) is 0 Å². The van der Waals surface area contributed by atoms with E-state index in [1.807, 2.05) is 0 Å². The molecule has 5 rings (SSSR count). The Hall–Kier alpha value is -3.68. The van der Waals surface area contributed by atoms with Gasteiger partial charge in [0, 0.05) is 61.4 Å². The second kappa shape index (κ2) is 12.5. The van der Waals surface area contributed by atoms with E-state index in [9.17, 15) is 0 Å². The van der Waals surface area contributed by atoms with Crippen molar-refractivity contribution in [1.29, 1.82) is 0 Å². The van der Waals surface area contributed by atoms with Crippen LogP contribution in [0, 0.1) is 11.8 Å². The first-order valence-corrected chi connectivity index (χ1v) is 14.4. The van der Waals surface area contributed by atoms with E-state index in [0.29, 0.717) is 5.92 Å². The van der Waals surface area contributed by atoms with Gasteiger partial charge in [0.25, 0.3) is 0 Å². The Bertz CT molecular complexity index is 1380. The minimum absolute atomic E-state index is 0.664. The lowest BCUT2D eigenvalue weighted by Gasteiger charge is -2.37. The highest BCUT2D eigenvalue weighted by atomic mass is 15.3. The van der Waals surface area contributed by atoms with Crippen molar-refractivity contribution in [3.63, 3.8) is 0 Å². The molecule has 1 aliphatic rings. The monoisotopic (exact) mass is 526 g/mol. The molecule has 3 heterocycles. The van der Waals surface area contributed by atoms with Gasteiger partial charge in [0.2, 0.25) is 0 Å². The molecule has 4 aromatic rings. The number of nitrogens with one attached hydrogen (secondary N) is 2. The zero-order chi connectivity index (χ0) is 27.2. The lowest BCUT2D eigenvalue weighted by Crippen LogP contribution is -2.46. The molecule has 206 valence electrons. The molecule has 0 amide bonds. The molecule has 0 aliphatic carbocycles. The van der Waals surface area contributed by atoms with Gasteiger partial charge < -0.3 is 20.4 Å². The van der Waals surface area contributed by atoms with Crippen LogP contribution in [-0.2, 0) is 0 Å². The molecule has 2 aromatic carbocycles. The summed E-state index contributed by atoms with van der Waals surface area (Å²) >= 11 is 0. The van der Waals surface area contributed by atoms with Crippen molar-refractivity contribution in [3.05, 3.63) is 49.1 Å².